The summed E-state index contributed by atoms with van der Waals surface area (Å²) in [7, 11) is 0. The van der Waals surface area contributed by atoms with E-state index in [1.807, 2.05) is 11.6 Å². The van der Waals surface area contributed by atoms with Crippen molar-refractivity contribution < 1.29 is 19.2 Å². The Hall–Kier alpha value is -2.95. The van der Waals surface area contributed by atoms with Crippen LogP contribution in [0.3, 0.4) is 0 Å². The molecule has 0 saturated carbocycles. The zero-order valence-electron chi connectivity index (χ0n) is 18.0. The van der Waals surface area contributed by atoms with Gasteiger partial charge < -0.3 is 9.64 Å². The van der Waals surface area contributed by atoms with Crippen molar-refractivity contribution >= 4 is 29.3 Å². The summed E-state index contributed by atoms with van der Waals surface area (Å²) in [6.07, 6.45) is 5.09. The Morgan fingerprint density at radius 2 is 2.12 bits per heavy atom. The largest absolute Gasteiger partial charge is 0.459 e. The first-order valence-corrected chi connectivity index (χ1v) is 11.5. The first kappa shape index (κ1) is 22.3. The van der Waals surface area contributed by atoms with Gasteiger partial charge >= 0.3 is 5.97 Å². The lowest BCUT2D eigenvalue weighted by Crippen LogP contribution is -2.58. The number of carbonyl (C=O) groups excluding carboxylic acids is 2. The Morgan fingerprint density at radius 3 is 2.78 bits per heavy atom. The molecule has 10 nitrogen and oxygen atoms in total. The molecule has 0 spiro atoms. The molecular formula is C21H25N5O5S. The molecular weight excluding hydrogens is 434 g/mol. The summed E-state index contributed by atoms with van der Waals surface area (Å²) in [4.78, 5) is 37.4. The van der Waals surface area contributed by atoms with Crippen molar-refractivity contribution in [3.8, 4) is 0 Å². The second-order valence-corrected chi connectivity index (χ2v) is 10.0. The van der Waals surface area contributed by atoms with E-state index < -0.39 is 21.7 Å². The average molecular weight is 460 g/mol. The van der Waals surface area contributed by atoms with Crippen LogP contribution in [0.15, 0.2) is 30.5 Å². The molecule has 2 aromatic rings. The van der Waals surface area contributed by atoms with Crippen LogP contribution < -0.4 is 0 Å². The number of aryl methyl sites for hydroxylation is 1. The highest BCUT2D eigenvalue weighted by atomic mass is 32.2. The van der Waals surface area contributed by atoms with Gasteiger partial charge in [-0.05, 0) is 37.5 Å². The highest BCUT2D eigenvalue weighted by Crippen LogP contribution is 2.52. The van der Waals surface area contributed by atoms with Crippen LogP contribution in [-0.2, 0) is 33.9 Å². The lowest BCUT2D eigenvalue weighted by molar-refractivity contribution is -0.384. The molecule has 2 aliphatic rings. The molecule has 0 N–H and O–H groups in total. The van der Waals surface area contributed by atoms with Gasteiger partial charge in [-0.15, -0.1) is 16.9 Å². The molecule has 0 radical (unpaired) electrons. The van der Waals surface area contributed by atoms with Crippen molar-refractivity contribution in [2.75, 3.05) is 0 Å². The summed E-state index contributed by atoms with van der Waals surface area (Å²) >= 11 is 1.60. The quantitative estimate of drug-likeness (QED) is 0.243. The molecule has 0 aliphatic carbocycles. The Labute approximate surface area is 189 Å². The highest BCUT2D eigenvalue weighted by Gasteiger charge is 2.61. The fourth-order valence-corrected chi connectivity index (χ4v) is 5.91. The molecule has 1 aromatic heterocycles. The third-order valence-electron chi connectivity index (χ3n) is 5.91. The molecule has 1 amide bonds. The number of ether oxygens (including phenoxy) is 1. The number of β-lactam (4-membered cyclic amide) rings is 1. The monoisotopic (exact) mass is 459 g/mol. The SMILES string of the molecule is CCCCc1cnnn1C[C@]1(C)S[C@@H]2CC(=O)N2[C@H]1C(=O)OCc1ccc([N+](=O)[O-])cc1. The van der Waals surface area contributed by atoms with E-state index in [0.29, 0.717) is 18.5 Å². The van der Waals surface area contributed by atoms with Crippen LogP contribution in [0.5, 0.6) is 0 Å². The maximum absolute atomic E-state index is 13.1. The second kappa shape index (κ2) is 8.89. The maximum Gasteiger partial charge on any atom is 0.330 e. The third kappa shape index (κ3) is 4.21. The first-order chi connectivity index (χ1) is 15.3. The number of non-ortho nitro benzene ring substituents is 1. The van der Waals surface area contributed by atoms with Gasteiger partial charge in [0.05, 0.1) is 39.9 Å². The minimum atomic E-state index is -0.736. The molecule has 170 valence electrons. The zero-order chi connectivity index (χ0) is 22.9. The fraction of sp³-hybridized carbons (Fsp3) is 0.524. The lowest BCUT2D eigenvalue weighted by atomic mass is 9.96. The van der Waals surface area contributed by atoms with Gasteiger partial charge in [-0.3, -0.25) is 14.9 Å². The number of carbonyl (C=O) groups is 2. The lowest BCUT2D eigenvalue weighted by Gasteiger charge is -2.37. The van der Waals surface area contributed by atoms with Crippen molar-refractivity contribution in [1.82, 2.24) is 19.9 Å². The summed E-state index contributed by atoms with van der Waals surface area (Å²) in [6, 6.07) is 5.12. The molecule has 32 heavy (non-hydrogen) atoms. The minimum absolute atomic E-state index is 0.0220. The van der Waals surface area contributed by atoms with E-state index in [1.165, 1.54) is 12.1 Å². The average Bonchev–Trinajstić information content (AvgIpc) is 3.29. The van der Waals surface area contributed by atoms with Gasteiger partial charge in [0.1, 0.15) is 12.6 Å². The summed E-state index contributed by atoms with van der Waals surface area (Å²) in [5.41, 5.74) is 1.62. The number of fused-ring (bicyclic) bond motifs is 1. The molecule has 2 aliphatic heterocycles. The Kier molecular flexibility index (Phi) is 6.18. The summed E-state index contributed by atoms with van der Waals surface area (Å²) < 4.78 is 6.78. The van der Waals surface area contributed by atoms with E-state index in [-0.39, 0.29) is 23.6 Å². The predicted octanol–water partition coefficient (Wildman–Crippen LogP) is 2.70. The fourth-order valence-electron chi connectivity index (χ4n) is 4.17. The molecule has 3 atom stereocenters. The van der Waals surface area contributed by atoms with Crippen LogP contribution in [0.1, 0.15) is 44.4 Å². The number of hydrogen-bond acceptors (Lipinski definition) is 8. The van der Waals surface area contributed by atoms with Crippen molar-refractivity contribution in [2.45, 2.75) is 68.8 Å². The van der Waals surface area contributed by atoms with Crippen molar-refractivity contribution in [2.24, 2.45) is 0 Å². The van der Waals surface area contributed by atoms with Crippen LogP contribution >= 0.6 is 11.8 Å². The van der Waals surface area contributed by atoms with Crippen LogP contribution in [-0.4, -0.2) is 52.9 Å². The number of nitro benzene ring substituents is 1. The molecule has 1 aromatic carbocycles. The minimum Gasteiger partial charge on any atom is -0.459 e. The number of unbranched alkanes of at least 4 members (excludes halogenated alkanes) is 1. The van der Waals surface area contributed by atoms with E-state index in [2.05, 4.69) is 17.2 Å². The molecule has 2 fully saturated rings. The summed E-state index contributed by atoms with van der Waals surface area (Å²) in [5, 5.41) is 19.0. The van der Waals surface area contributed by atoms with Crippen molar-refractivity contribution in [3.63, 3.8) is 0 Å². The topological polar surface area (TPSA) is 120 Å². The van der Waals surface area contributed by atoms with Gasteiger partial charge in [0.25, 0.3) is 5.69 Å². The van der Waals surface area contributed by atoms with Gasteiger partial charge in [0, 0.05) is 12.1 Å². The number of nitrogens with zero attached hydrogens (tertiary/aromatic N) is 5. The van der Waals surface area contributed by atoms with E-state index in [1.54, 1.807) is 35.0 Å². The van der Waals surface area contributed by atoms with Gasteiger partial charge in [0.2, 0.25) is 5.91 Å². The van der Waals surface area contributed by atoms with Gasteiger partial charge in [-0.25, -0.2) is 9.48 Å². The zero-order valence-corrected chi connectivity index (χ0v) is 18.8. The molecule has 0 unspecified atom stereocenters. The van der Waals surface area contributed by atoms with Crippen LogP contribution in [0, 0.1) is 10.1 Å². The summed E-state index contributed by atoms with van der Waals surface area (Å²) in [5.74, 6) is -0.544. The number of amides is 1. The number of benzene rings is 1. The van der Waals surface area contributed by atoms with Crippen LogP contribution in [0.4, 0.5) is 5.69 Å². The molecule has 11 heteroatoms. The third-order valence-corrected chi connectivity index (χ3v) is 7.47. The predicted molar refractivity (Wildman–Crippen MR) is 117 cm³/mol. The van der Waals surface area contributed by atoms with E-state index in [9.17, 15) is 19.7 Å². The number of aromatic nitrogens is 3. The number of rotatable bonds is 9. The normalized spacial score (nSPS) is 24.2. The smallest absolute Gasteiger partial charge is 0.330 e. The van der Waals surface area contributed by atoms with Crippen LogP contribution in [0.2, 0.25) is 0 Å². The van der Waals surface area contributed by atoms with E-state index in [4.69, 9.17) is 4.74 Å². The van der Waals surface area contributed by atoms with Gasteiger partial charge in [-0.1, -0.05) is 18.6 Å². The van der Waals surface area contributed by atoms with E-state index in [0.717, 1.165) is 25.0 Å². The molecule has 4 rings (SSSR count). The van der Waals surface area contributed by atoms with Crippen LogP contribution in [0.25, 0.3) is 0 Å². The second-order valence-electron chi connectivity index (χ2n) is 8.31. The van der Waals surface area contributed by atoms with Gasteiger partial charge in [-0.2, -0.15) is 0 Å². The number of thioether (sulfide) groups is 1. The van der Waals surface area contributed by atoms with E-state index >= 15 is 0 Å². The van der Waals surface area contributed by atoms with Gasteiger partial charge in [0.15, 0.2) is 0 Å². The molecule has 3 heterocycles. The van der Waals surface area contributed by atoms with Crippen molar-refractivity contribution in [3.05, 3.63) is 51.8 Å². The number of esters is 1. The highest BCUT2D eigenvalue weighted by molar-refractivity contribution is 8.01. The Balaban J connectivity index is 1.49. The molecule has 2 saturated heterocycles. The maximum atomic E-state index is 13.1. The van der Waals surface area contributed by atoms with Crippen molar-refractivity contribution in [1.29, 1.82) is 0 Å². The Morgan fingerprint density at radius 1 is 1.38 bits per heavy atom. The first-order valence-electron chi connectivity index (χ1n) is 10.6. The number of hydrogen-bond donors (Lipinski definition) is 0. The molecule has 0 bridgehead atoms. The standard InChI is InChI=1S/C21H25N5O5S/c1-3-4-5-16-11-22-23-24(16)13-21(2)19(25-17(27)10-18(25)32-21)20(28)31-12-14-6-8-15(9-7-14)26(29)30/h6-9,11,18-19H,3-5,10,12-13H2,1-2H3/t18-,19+,21+/m1/s1. The summed E-state index contributed by atoms with van der Waals surface area (Å²) in [6.45, 7) is 4.50. The Bertz CT molecular complexity index is 1030. The number of nitro groups is 1.